The van der Waals surface area contributed by atoms with Crippen LogP contribution in [0.5, 0.6) is 0 Å². The van der Waals surface area contributed by atoms with Crippen LogP contribution < -0.4 is 5.32 Å². The summed E-state index contributed by atoms with van der Waals surface area (Å²) in [6, 6.07) is -0.842. The van der Waals surface area contributed by atoms with E-state index in [1.807, 2.05) is 0 Å². The number of carbonyl (C=O) groups is 2. The number of amides is 1. The minimum Gasteiger partial charge on any atom is -0.480 e. The highest BCUT2D eigenvalue weighted by molar-refractivity contribution is 7.99. The largest absolute Gasteiger partial charge is 0.480 e. The number of nitrogens with zero attached hydrogens (tertiary/aromatic N) is 1. The first-order valence-corrected chi connectivity index (χ1v) is 7.09. The van der Waals surface area contributed by atoms with Crippen molar-refractivity contribution in [1.82, 2.24) is 10.2 Å². The van der Waals surface area contributed by atoms with Crippen LogP contribution in [0.3, 0.4) is 0 Å². The first-order chi connectivity index (χ1) is 8.09. The van der Waals surface area contributed by atoms with Crippen LogP contribution >= 0.6 is 11.8 Å². The van der Waals surface area contributed by atoms with Crippen LogP contribution in [-0.4, -0.2) is 52.1 Å². The molecule has 0 radical (unpaired) electrons. The van der Waals surface area contributed by atoms with Gasteiger partial charge in [0.1, 0.15) is 6.04 Å². The molecule has 1 amide bonds. The van der Waals surface area contributed by atoms with Crippen LogP contribution in [0.4, 0.5) is 0 Å². The Balaban J connectivity index is 2.01. The molecule has 0 aliphatic carbocycles. The van der Waals surface area contributed by atoms with Gasteiger partial charge in [-0.25, -0.2) is 4.79 Å². The van der Waals surface area contributed by atoms with Crippen LogP contribution in [0.1, 0.15) is 19.8 Å². The molecule has 3 atom stereocenters. The van der Waals surface area contributed by atoms with Gasteiger partial charge in [-0.2, -0.15) is 0 Å². The maximum atomic E-state index is 12.2. The molecule has 96 valence electrons. The second-order valence-corrected chi connectivity index (χ2v) is 5.80. The standard InChI is InChI=1S/C11H18N2O3S/c1-7-2-3-12-8(4-7)10(14)13-6-17-5-9(13)11(15)16/h7-9,12H,2-6H2,1H3,(H,15,16)/t7?,8?,9-/m0/s1. The molecule has 0 aromatic heterocycles. The van der Waals surface area contributed by atoms with E-state index in [1.54, 1.807) is 0 Å². The minimum absolute atomic E-state index is 0.0473. The number of carbonyl (C=O) groups excluding carboxylic acids is 1. The first-order valence-electron chi connectivity index (χ1n) is 5.94. The molecular formula is C11H18N2O3S. The van der Waals surface area contributed by atoms with Crippen LogP contribution in [0.15, 0.2) is 0 Å². The molecule has 0 bridgehead atoms. The Morgan fingerprint density at radius 1 is 1.47 bits per heavy atom. The number of nitrogens with one attached hydrogen (secondary N) is 1. The second-order valence-electron chi connectivity index (χ2n) is 4.80. The van der Waals surface area contributed by atoms with E-state index in [-0.39, 0.29) is 11.9 Å². The monoisotopic (exact) mass is 258 g/mol. The maximum absolute atomic E-state index is 12.2. The predicted molar refractivity (Wildman–Crippen MR) is 65.8 cm³/mol. The number of carboxylic acids is 1. The van der Waals surface area contributed by atoms with E-state index in [0.717, 1.165) is 19.4 Å². The fourth-order valence-electron chi connectivity index (χ4n) is 2.36. The summed E-state index contributed by atoms with van der Waals surface area (Å²) in [6.45, 7) is 2.98. The van der Waals surface area contributed by atoms with E-state index in [1.165, 1.54) is 16.7 Å². The van der Waals surface area contributed by atoms with Gasteiger partial charge in [0.05, 0.1) is 11.9 Å². The van der Waals surface area contributed by atoms with Crippen LogP contribution in [0.25, 0.3) is 0 Å². The van der Waals surface area contributed by atoms with Gasteiger partial charge in [0.25, 0.3) is 0 Å². The van der Waals surface area contributed by atoms with Gasteiger partial charge in [-0.05, 0) is 25.3 Å². The van der Waals surface area contributed by atoms with E-state index in [4.69, 9.17) is 5.11 Å². The number of thioether (sulfide) groups is 1. The van der Waals surface area contributed by atoms with Crippen molar-refractivity contribution in [3.63, 3.8) is 0 Å². The van der Waals surface area contributed by atoms with Crippen molar-refractivity contribution in [2.24, 2.45) is 5.92 Å². The molecule has 2 heterocycles. The highest BCUT2D eigenvalue weighted by atomic mass is 32.2. The van der Waals surface area contributed by atoms with E-state index in [0.29, 0.717) is 17.5 Å². The highest BCUT2D eigenvalue weighted by Crippen LogP contribution is 2.24. The Morgan fingerprint density at radius 2 is 2.24 bits per heavy atom. The van der Waals surface area contributed by atoms with Crippen molar-refractivity contribution in [1.29, 1.82) is 0 Å². The fourth-order valence-corrected chi connectivity index (χ4v) is 3.52. The molecule has 2 rings (SSSR count). The summed E-state index contributed by atoms with van der Waals surface area (Å²) in [5.74, 6) is 0.594. The van der Waals surface area contributed by atoms with Crippen LogP contribution in [-0.2, 0) is 9.59 Å². The van der Waals surface area contributed by atoms with Gasteiger partial charge in [-0.3, -0.25) is 4.79 Å². The third kappa shape index (κ3) is 2.74. The van der Waals surface area contributed by atoms with Crippen molar-refractivity contribution in [3.8, 4) is 0 Å². The van der Waals surface area contributed by atoms with Gasteiger partial charge in [0.2, 0.25) is 5.91 Å². The molecule has 17 heavy (non-hydrogen) atoms. The normalized spacial score (nSPS) is 33.7. The van der Waals surface area contributed by atoms with Crippen molar-refractivity contribution in [2.75, 3.05) is 18.2 Å². The molecule has 0 aromatic carbocycles. The fraction of sp³-hybridized carbons (Fsp3) is 0.818. The summed E-state index contributed by atoms with van der Waals surface area (Å²) in [4.78, 5) is 24.8. The molecule has 0 aromatic rings. The van der Waals surface area contributed by atoms with E-state index in [9.17, 15) is 9.59 Å². The topological polar surface area (TPSA) is 69.6 Å². The summed E-state index contributed by atoms with van der Waals surface area (Å²) in [5.41, 5.74) is 0. The zero-order chi connectivity index (χ0) is 12.4. The van der Waals surface area contributed by atoms with Gasteiger partial charge >= 0.3 is 5.97 Å². The number of rotatable bonds is 2. The van der Waals surface area contributed by atoms with Crippen molar-refractivity contribution < 1.29 is 14.7 Å². The third-order valence-electron chi connectivity index (χ3n) is 3.41. The van der Waals surface area contributed by atoms with Crippen LogP contribution in [0, 0.1) is 5.92 Å². The molecule has 6 heteroatoms. The molecule has 2 aliphatic rings. The summed E-state index contributed by atoms with van der Waals surface area (Å²) in [6.07, 6.45) is 1.90. The quantitative estimate of drug-likeness (QED) is 0.748. The average Bonchev–Trinajstić information content (AvgIpc) is 2.77. The third-order valence-corrected chi connectivity index (χ3v) is 4.43. The Bertz CT molecular complexity index is 324. The number of carboxylic acid groups (broad SMARTS) is 1. The van der Waals surface area contributed by atoms with Crippen molar-refractivity contribution >= 4 is 23.6 Å². The zero-order valence-corrected chi connectivity index (χ0v) is 10.7. The SMILES string of the molecule is CC1CCNC(C(=O)N2CSC[C@H]2C(=O)O)C1. The lowest BCUT2D eigenvalue weighted by molar-refractivity contribution is -0.148. The first kappa shape index (κ1) is 12.7. The summed E-state index contributed by atoms with van der Waals surface area (Å²) in [5, 5.41) is 12.2. The van der Waals surface area contributed by atoms with Crippen LogP contribution in [0.2, 0.25) is 0 Å². The molecule has 2 N–H and O–H groups in total. The number of hydrogen-bond donors (Lipinski definition) is 2. The lowest BCUT2D eigenvalue weighted by Gasteiger charge is -2.31. The molecule has 2 unspecified atom stereocenters. The lowest BCUT2D eigenvalue weighted by atomic mass is 9.93. The second kappa shape index (κ2) is 5.27. The van der Waals surface area contributed by atoms with Crippen molar-refractivity contribution in [3.05, 3.63) is 0 Å². The highest BCUT2D eigenvalue weighted by Gasteiger charge is 2.38. The summed E-state index contributed by atoms with van der Waals surface area (Å²) >= 11 is 1.51. The number of hydrogen-bond acceptors (Lipinski definition) is 4. The molecule has 2 saturated heterocycles. The van der Waals surface area contributed by atoms with Gasteiger partial charge in [-0.1, -0.05) is 6.92 Å². The summed E-state index contributed by atoms with van der Waals surface area (Å²) < 4.78 is 0. The summed E-state index contributed by atoms with van der Waals surface area (Å²) in [7, 11) is 0. The smallest absolute Gasteiger partial charge is 0.327 e. The lowest BCUT2D eigenvalue weighted by Crippen LogP contribution is -2.53. The van der Waals surface area contributed by atoms with Crippen molar-refractivity contribution in [2.45, 2.75) is 31.8 Å². The minimum atomic E-state index is -0.896. The molecule has 2 aliphatic heterocycles. The van der Waals surface area contributed by atoms with E-state index >= 15 is 0 Å². The molecule has 5 nitrogen and oxygen atoms in total. The van der Waals surface area contributed by atoms with E-state index < -0.39 is 12.0 Å². The Labute approximate surface area is 105 Å². The van der Waals surface area contributed by atoms with Gasteiger partial charge in [0, 0.05) is 5.75 Å². The average molecular weight is 258 g/mol. The van der Waals surface area contributed by atoms with Gasteiger partial charge < -0.3 is 15.3 Å². The molecular weight excluding hydrogens is 240 g/mol. The Morgan fingerprint density at radius 3 is 2.88 bits per heavy atom. The molecule has 0 saturated carbocycles. The van der Waals surface area contributed by atoms with Gasteiger partial charge in [0.15, 0.2) is 0 Å². The zero-order valence-electron chi connectivity index (χ0n) is 9.89. The number of aliphatic carboxylic acids is 1. The van der Waals surface area contributed by atoms with Gasteiger partial charge in [-0.15, -0.1) is 11.8 Å². The Kier molecular flexibility index (Phi) is 3.93. The molecule has 0 spiro atoms. The predicted octanol–water partition coefficient (Wildman–Crippen LogP) is 0.361. The maximum Gasteiger partial charge on any atom is 0.327 e. The molecule has 2 fully saturated rings. The Hall–Kier alpha value is -0.750. The number of piperidine rings is 1. The van der Waals surface area contributed by atoms with E-state index in [2.05, 4.69) is 12.2 Å².